The molecule has 42 heavy (non-hydrogen) atoms. The van der Waals surface area contributed by atoms with Crippen LogP contribution < -0.4 is 15.4 Å². The number of fused-ring (bicyclic) bond motifs is 1. The van der Waals surface area contributed by atoms with E-state index < -0.39 is 18.2 Å². The second-order valence-corrected chi connectivity index (χ2v) is 11.2. The molecule has 2 aliphatic rings. The highest BCUT2D eigenvalue weighted by Crippen LogP contribution is 2.38. The van der Waals surface area contributed by atoms with Crippen molar-refractivity contribution >= 4 is 23.3 Å². The Kier molecular flexibility index (Phi) is 9.54. The van der Waals surface area contributed by atoms with Gasteiger partial charge in [-0.25, -0.2) is 9.97 Å². The van der Waals surface area contributed by atoms with Gasteiger partial charge < -0.3 is 24.9 Å². The van der Waals surface area contributed by atoms with Gasteiger partial charge in [0.2, 0.25) is 0 Å². The van der Waals surface area contributed by atoms with Crippen LogP contribution in [0.2, 0.25) is 5.02 Å². The number of aliphatic hydroxyl groups is 1. The molecular formula is C29H33ClF3N5O4. The molecule has 3 N–H and O–H groups in total. The molecule has 3 heterocycles. The zero-order valence-electron chi connectivity index (χ0n) is 22.9. The molecule has 1 fully saturated rings. The third-order valence-electron chi connectivity index (χ3n) is 7.76. The molecule has 9 nitrogen and oxygen atoms in total. The highest BCUT2D eigenvalue weighted by molar-refractivity contribution is 6.33. The van der Waals surface area contributed by atoms with E-state index in [0.29, 0.717) is 66.8 Å². The van der Waals surface area contributed by atoms with E-state index in [1.807, 2.05) is 12.1 Å². The molecule has 0 unspecified atom stereocenters. The van der Waals surface area contributed by atoms with Crippen LogP contribution in [-0.4, -0.2) is 63.8 Å². The minimum atomic E-state index is -4.16. The number of aromatic nitrogens is 2. The zero-order valence-corrected chi connectivity index (χ0v) is 23.6. The summed E-state index contributed by atoms with van der Waals surface area (Å²) >= 11 is 6.61. The molecule has 0 bridgehead atoms. The van der Waals surface area contributed by atoms with Gasteiger partial charge >= 0.3 is 6.18 Å². The number of anilines is 1. The zero-order chi connectivity index (χ0) is 29.7. The quantitative estimate of drug-likeness (QED) is 0.296. The van der Waals surface area contributed by atoms with E-state index in [1.165, 1.54) is 12.6 Å². The number of benzene rings is 1. The van der Waals surface area contributed by atoms with Gasteiger partial charge in [-0.3, -0.25) is 9.69 Å². The number of amides is 1. The maximum absolute atomic E-state index is 12.9. The number of carbonyl (C=O) groups excluding carboxylic acids is 1. The molecule has 0 saturated heterocycles. The van der Waals surface area contributed by atoms with Gasteiger partial charge in [0, 0.05) is 44.0 Å². The summed E-state index contributed by atoms with van der Waals surface area (Å²) in [5.74, 6) is -0.00783. The van der Waals surface area contributed by atoms with E-state index >= 15 is 0 Å². The SMILES string of the molecule is O=C(NC[C@H](O)CN1CCc2c(ccc(OCc3cnco3)c2Cl)C1)c1ccnc(NC2CCC(C(F)(F)F)CC2)c1. The van der Waals surface area contributed by atoms with Crippen molar-refractivity contribution in [2.45, 2.75) is 63.6 Å². The van der Waals surface area contributed by atoms with Crippen LogP contribution in [0, 0.1) is 5.92 Å². The largest absolute Gasteiger partial charge is 0.484 e. The molecule has 1 aromatic carbocycles. The number of nitrogens with one attached hydrogen (secondary N) is 2. The Bertz CT molecular complexity index is 1350. The van der Waals surface area contributed by atoms with Gasteiger partial charge in [0.05, 0.1) is 23.2 Å². The van der Waals surface area contributed by atoms with Crippen molar-refractivity contribution in [2.24, 2.45) is 5.92 Å². The summed E-state index contributed by atoms with van der Waals surface area (Å²) in [6.07, 6.45) is 1.09. The molecule has 5 rings (SSSR count). The Morgan fingerprint density at radius 2 is 2.05 bits per heavy atom. The molecule has 2 aromatic heterocycles. The smallest absolute Gasteiger partial charge is 0.391 e. The third kappa shape index (κ3) is 7.73. The van der Waals surface area contributed by atoms with E-state index in [4.69, 9.17) is 20.8 Å². The Morgan fingerprint density at radius 3 is 2.79 bits per heavy atom. The number of hydrogen-bond acceptors (Lipinski definition) is 8. The molecule has 0 radical (unpaired) electrons. The summed E-state index contributed by atoms with van der Waals surface area (Å²) in [6, 6.07) is 6.80. The molecule has 0 spiro atoms. The molecule has 1 aliphatic carbocycles. The van der Waals surface area contributed by atoms with Gasteiger partial charge in [0.1, 0.15) is 18.2 Å². The number of rotatable bonds is 10. The second-order valence-electron chi connectivity index (χ2n) is 10.8. The van der Waals surface area contributed by atoms with E-state index in [9.17, 15) is 23.1 Å². The molecule has 3 aromatic rings. The van der Waals surface area contributed by atoms with Gasteiger partial charge in [-0.1, -0.05) is 17.7 Å². The fourth-order valence-corrected chi connectivity index (χ4v) is 5.81. The summed E-state index contributed by atoms with van der Waals surface area (Å²) in [6.45, 7) is 1.95. The van der Waals surface area contributed by atoms with Crippen molar-refractivity contribution in [1.29, 1.82) is 0 Å². The first-order chi connectivity index (χ1) is 20.2. The highest BCUT2D eigenvalue weighted by atomic mass is 35.5. The van der Waals surface area contributed by atoms with Crippen molar-refractivity contribution in [3.63, 3.8) is 0 Å². The number of ether oxygens (including phenoxy) is 1. The van der Waals surface area contributed by atoms with Crippen molar-refractivity contribution in [3.8, 4) is 5.75 Å². The standard InChI is InChI=1S/C29H33ClF3N5O4/c30-27-24-8-10-38(14-19(24)1-6-25(27)41-16-23-13-34-17-42-23)15-22(39)12-36-28(40)18-7-9-35-26(11-18)37-21-4-2-20(3-5-21)29(31,32)33/h1,6-7,9,11,13,17,20-22,39H,2-5,8,10,12,14-16H2,(H,35,37)(H,36,40)/t20?,21?,22-/m0/s1. The Hall–Kier alpha value is -3.35. The highest BCUT2D eigenvalue weighted by Gasteiger charge is 2.41. The van der Waals surface area contributed by atoms with Crippen LogP contribution in [0.15, 0.2) is 47.5 Å². The molecular weight excluding hydrogens is 575 g/mol. The minimum Gasteiger partial charge on any atom is -0.484 e. The topological polar surface area (TPSA) is 113 Å². The maximum Gasteiger partial charge on any atom is 0.391 e. The normalized spacial score (nSPS) is 20.0. The van der Waals surface area contributed by atoms with Gasteiger partial charge in [-0.05, 0) is 61.4 Å². The Labute approximate surface area is 246 Å². The summed E-state index contributed by atoms with van der Waals surface area (Å²) in [5.41, 5.74) is 2.42. The average Bonchev–Trinajstić information content (AvgIpc) is 3.49. The van der Waals surface area contributed by atoms with Crippen LogP contribution >= 0.6 is 11.6 Å². The summed E-state index contributed by atoms with van der Waals surface area (Å²) in [7, 11) is 0. The van der Waals surface area contributed by atoms with Gasteiger partial charge in [-0.15, -0.1) is 0 Å². The van der Waals surface area contributed by atoms with E-state index in [-0.39, 0.29) is 37.9 Å². The molecule has 226 valence electrons. The predicted octanol–water partition coefficient (Wildman–Crippen LogP) is 4.98. The number of halogens is 4. The number of aliphatic hydroxyl groups excluding tert-OH is 1. The third-order valence-corrected chi connectivity index (χ3v) is 8.18. The lowest BCUT2D eigenvalue weighted by Gasteiger charge is -2.31. The average molecular weight is 608 g/mol. The first-order valence-corrected chi connectivity index (χ1v) is 14.3. The van der Waals surface area contributed by atoms with Gasteiger partial charge in [-0.2, -0.15) is 13.2 Å². The fraction of sp³-hybridized carbons (Fsp3) is 0.483. The van der Waals surface area contributed by atoms with Crippen LogP contribution in [-0.2, 0) is 19.6 Å². The molecule has 13 heteroatoms. The number of hydrogen-bond donors (Lipinski definition) is 3. The van der Waals surface area contributed by atoms with E-state index in [2.05, 4.69) is 25.5 Å². The predicted molar refractivity (Wildman–Crippen MR) is 149 cm³/mol. The summed E-state index contributed by atoms with van der Waals surface area (Å²) in [4.78, 5) is 22.9. The summed E-state index contributed by atoms with van der Waals surface area (Å²) < 4.78 is 49.8. The molecule has 1 amide bonds. The van der Waals surface area contributed by atoms with Crippen molar-refractivity contribution in [2.75, 3.05) is 25.0 Å². The fourth-order valence-electron chi connectivity index (χ4n) is 5.48. The van der Waals surface area contributed by atoms with Crippen LogP contribution in [0.3, 0.4) is 0 Å². The number of carbonyl (C=O) groups is 1. The lowest BCUT2D eigenvalue weighted by molar-refractivity contribution is -0.182. The minimum absolute atomic E-state index is 0.0594. The molecule has 1 aliphatic heterocycles. The number of nitrogens with zero attached hydrogens (tertiary/aromatic N) is 3. The van der Waals surface area contributed by atoms with E-state index in [0.717, 1.165) is 11.1 Å². The first-order valence-electron chi connectivity index (χ1n) is 13.9. The van der Waals surface area contributed by atoms with Crippen LogP contribution in [0.5, 0.6) is 5.75 Å². The lowest BCUT2D eigenvalue weighted by atomic mass is 9.85. The van der Waals surface area contributed by atoms with Gasteiger partial charge in [0.25, 0.3) is 5.91 Å². The van der Waals surface area contributed by atoms with Crippen molar-refractivity contribution in [3.05, 3.63) is 70.5 Å². The van der Waals surface area contributed by atoms with Crippen LogP contribution in [0.25, 0.3) is 0 Å². The van der Waals surface area contributed by atoms with Gasteiger partial charge in [0.15, 0.2) is 12.2 Å². The lowest BCUT2D eigenvalue weighted by Crippen LogP contribution is -2.42. The summed E-state index contributed by atoms with van der Waals surface area (Å²) in [5, 5.41) is 17.1. The number of pyridine rings is 1. The van der Waals surface area contributed by atoms with Crippen molar-refractivity contribution in [1.82, 2.24) is 20.2 Å². The Balaban J connectivity index is 1.07. The second kappa shape index (κ2) is 13.3. The Morgan fingerprint density at radius 1 is 1.24 bits per heavy atom. The monoisotopic (exact) mass is 607 g/mol. The van der Waals surface area contributed by atoms with Crippen molar-refractivity contribution < 1.29 is 32.2 Å². The number of oxazole rings is 1. The number of alkyl halides is 3. The maximum atomic E-state index is 12.9. The number of β-amino-alcohol motifs (C(OH)–C–C–N with tert-alkyl or cyclic N) is 1. The van der Waals surface area contributed by atoms with E-state index in [1.54, 1.807) is 18.3 Å². The molecule has 1 saturated carbocycles. The molecule has 1 atom stereocenters. The first kappa shape index (κ1) is 30.1. The van der Waals surface area contributed by atoms with Crippen LogP contribution in [0.1, 0.15) is 52.9 Å². The van der Waals surface area contributed by atoms with Crippen LogP contribution in [0.4, 0.5) is 19.0 Å².